The Morgan fingerprint density at radius 2 is 1.90 bits per heavy atom. The predicted octanol–water partition coefficient (Wildman–Crippen LogP) is 2.42. The fourth-order valence-electron chi connectivity index (χ4n) is 3.43. The van der Waals surface area contributed by atoms with E-state index in [1.807, 2.05) is 31.1 Å². The first-order valence-corrected chi connectivity index (χ1v) is 9.69. The zero-order valence-corrected chi connectivity index (χ0v) is 16.9. The molecule has 29 heavy (non-hydrogen) atoms. The van der Waals surface area contributed by atoms with E-state index in [0.29, 0.717) is 13.1 Å². The van der Waals surface area contributed by atoms with Crippen molar-refractivity contribution in [2.45, 2.75) is 19.9 Å². The first-order valence-electron chi connectivity index (χ1n) is 9.69. The summed E-state index contributed by atoms with van der Waals surface area (Å²) in [7, 11) is 1.83. The topological polar surface area (TPSA) is 79.2 Å². The van der Waals surface area contributed by atoms with Gasteiger partial charge in [-0.1, -0.05) is 12.1 Å². The Morgan fingerprint density at radius 1 is 1.10 bits per heavy atom. The van der Waals surface area contributed by atoms with E-state index < -0.39 is 0 Å². The molecule has 0 saturated carbocycles. The smallest absolute Gasteiger partial charge is 0.241 e. The SMILES string of the molecule is Cc1nccn1-c1ccc(C(C)Nc2cc(N3CCN(C)C(=O)C3)ncn2)cc1. The maximum absolute atomic E-state index is 12.0. The summed E-state index contributed by atoms with van der Waals surface area (Å²) >= 11 is 0. The number of likely N-dealkylation sites (N-methyl/N-ethyl adjacent to an activating group) is 1. The molecule has 1 aromatic carbocycles. The Balaban J connectivity index is 1.45. The summed E-state index contributed by atoms with van der Waals surface area (Å²) < 4.78 is 2.05. The molecule has 0 aliphatic carbocycles. The molecule has 1 amide bonds. The van der Waals surface area contributed by atoms with E-state index in [1.54, 1.807) is 11.1 Å². The normalized spacial score (nSPS) is 15.5. The third-order valence-electron chi connectivity index (χ3n) is 5.30. The highest BCUT2D eigenvalue weighted by molar-refractivity contribution is 5.82. The number of nitrogens with zero attached hydrogens (tertiary/aromatic N) is 6. The molecule has 0 spiro atoms. The van der Waals surface area contributed by atoms with Crippen molar-refractivity contribution in [1.82, 2.24) is 24.4 Å². The molecule has 1 unspecified atom stereocenters. The van der Waals surface area contributed by atoms with Gasteiger partial charge in [0.15, 0.2) is 0 Å². The van der Waals surface area contributed by atoms with Gasteiger partial charge in [-0.15, -0.1) is 0 Å². The Labute approximate surface area is 170 Å². The number of nitrogens with one attached hydrogen (secondary N) is 1. The van der Waals surface area contributed by atoms with Gasteiger partial charge in [0.2, 0.25) is 5.91 Å². The van der Waals surface area contributed by atoms with Crippen molar-refractivity contribution in [1.29, 1.82) is 0 Å². The van der Waals surface area contributed by atoms with Crippen molar-refractivity contribution in [3.63, 3.8) is 0 Å². The molecule has 3 heterocycles. The molecule has 150 valence electrons. The highest BCUT2D eigenvalue weighted by atomic mass is 16.2. The molecule has 1 aliphatic heterocycles. The van der Waals surface area contributed by atoms with Crippen molar-refractivity contribution in [3.05, 3.63) is 60.4 Å². The van der Waals surface area contributed by atoms with E-state index in [1.165, 1.54) is 6.33 Å². The summed E-state index contributed by atoms with van der Waals surface area (Å²) in [5, 5.41) is 3.43. The lowest BCUT2D eigenvalue weighted by atomic mass is 10.1. The summed E-state index contributed by atoms with van der Waals surface area (Å²) in [4.78, 5) is 28.7. The fraction of sp³-hybridized carbons (Fsp3) is 0.333. The van der Waals surface area contributed by atoms with Gasteiger partial charge < -0.3 is 19.7 Å². The van der Waals surface area contributed by atoms with Gasteiger partial charge in [-0.2, -0.15) is 0 Å². The number of imidazole rings is 1. The van der Waals surface area contributed by atoms with Gasteiger partial charge in [-0.3, -0.25) is 4.79 Å². The Hall–Kier alpha value is -3.42. The first-order chi connectivity index (χ1) is 14.0. The van der Waals surface area contributed by atoms with Crippen molar-refractivity contribution < 1.29 is 4.79 Å². The fourth-order valence-corrected chi connectivity index (χ4v) is 3.43. The van der Waals surface area contributed by atoms with Crippen LogP contribution in [0.4, 0.5) is 11.6 Å². The van der Waals surface area contributed by atoms with Crippen LogP contribution in [0.1, 0.15) is 24.4 Å². The van der Waals surface area contributed by atoms with E-state index in [9.17, 15) is 4.79 Å². The third kappa shape index (κ3) is 4.06. The summed E-state index contributed by atoms with van der Waals surface area (Å²) in [6.07, 6.45) is 5.30. The van der Waals surface area contributed by atoms with Crippen LogP contribution in [0, 0.1) is 6.92 Å². The van der Waals surface area contributed by atoms with E-state index in [2.05, 4.69) is 56.0 Å². The average Bonchev–Trinajstić information content (AvgIpc) is 3.16. The van der Waals surface area contributed by atoms with Gasteiger partial charge in [-0.25, -0.2) is 15.0 Å². The minimum absolute atomic E-state index is 0.0739. The highest BCUT2D eigenvalue weighted by Crippen LogP contribution is 2.22. The van der Waals surface area contributed by atoms with Crippen molar-refractivity contribution in [3.8, 4) is 5.69 Å². The minimum Gasteiger partial charge on any atom is -0.363 e. The molecule has 1 N–H and O–H groups in total. The number of piperazine rings is 1. The van der Waals surface area contributed by atoms with Gasteiger partial charge >= 0.3 is 0 Å². The molecule has 0 bridgehead atoms. The molecule has 2 aromatic heterocycles. The Bertz CT molecular complexity index is 998. The van der Waals surface area contributed by atoms with Crippen LogP contribution in [-0.2, 0) is 4.79 Å². The van der Waals surface area contributed by atoms with Crippen LogP contribution < -0.4 is 10.2 Å². The van der Waals surface area contributed by atoms with Gasteiger partial charge in [0.05, 0.1) is 6.54 Å². The molecule has 8 heteroatoms. The van der Waals surface area contributed by atoms with Crippen LogP contribution in [-0.4, -0.2) is 57.0 Å². The van der Waals surface area contributed by atoms with E-state index in [0.717, 1.165) is 35.3 Å². The summed E-state index contributed by atoms with van der Waals surface area (Å²) in [6, 6.07) is 10.4. The molecular formula is C21H25N7O. The molecule has 1 atom stereocenters. The van der Waals surface area contributed by atoms with Crippen LogP contribution in [0.2, 0.25) is 0 Å². The number of hydrogen-bond acceptors (Lipinski definition) is 6. The zero-order valence-electron chi connectivity index (χ0n) is 16.9. The van der Waals surface area contributed by atoms with Crippen molar-refractivity contribution in [2.24, 2.45) is 0 Å². The second-order valence-electron chi connectivity index (χ2n) is 7.30. The van der Waals surface area contributed by atoms with E-state index in [-0.39, 0.29) is 11.9 Å². The summed E-state index contributed by atoms with van der Waals surface area (Å²) in [6.45, 7) is 5.89. The second kappa shape index (κ2) is 7.90. The molecule has 1 fully saturated rings. The van der Waals surface area contributed by atoms with Crippen LogP contribution in [0.5, 0.6) is 0 Å². The third-order valence-corrected chi connectivity index (χ3v) is 5.30. The molecule has 3 aromatic rings. The lowest BCUT2D eigenvalue weighted by Crippen LogP contribution is -2.48. The van der Waals surface area contributed by atoms with Gasteiger partial charge in [0.1, 0.15) is 23.8 Å². The molecule has 8 nitrogen and oxygen atoms in total. The molecule has 1 saturated heterocycles. The number of amides is 1. The largest absolute Gasteiger partial charge is 0.363 e. The molecule has 0 radical (unpaired) electrons. The van der Waals surface area contributed by atoms with Crippen molar-refractivity contribution >= 4 is 17.5 Å². The van der Waals surface area contributed by atoms with Crippen LogP contribution in [0.3, 0.4) is 0 Å². The van der Waals surface area contributed by atoms with Crippen LogP contribution >= 0.6 is 0 Å². The van der Waals surface area contributed by atoms with E-state index in [4.69, 9.17) is 0 Å². The number of carbonyl (C=O) groups excluding carboxylic acids is 1. The minimum atomic E-state index is 0.0739. The van der Waals surface area contributed by atoms with Crippen LogP contribution in [0.15, 0.2) is 49.1 Å². The summed E-state index contributed by atoms with van der Waals surface area (Å²) in [5.41, 5.74) is 2.24. The standard InChI is InChI=1S/C21H25N7O/c1-15(17-4-6-18(7-5-17)28-9-8-22-16(28)2)25-19-12-20(24-14-23-19)27-11-10-26(3)21(29)13-27/h4-9,12,14-15H,10-11,13H2,1-3H3,(H,23,24,25). The number of aromatic nitrogens is 4. The molecule has 4 rings (SSSR count). The highest BCUT2D eigenvalue weighted by Gasteiger charge is 2.22. The number of anilines is 2. The number of benzene rings is 1. The number of aryl methyl sites for hydroxylation is 1. The maximum atomic E-state index is 12.0. The second-order valence-corrected chi connectivity index (χ2v) is 7.30. The average molecular weight is 391 g/mol. The monoisotopic (exact) mass is 391 g/mol. The van der Waals surface area contributed by atoms with Gasteiger partial charge in [0.25, 0.3) is 0 Å². The zero-order chi connectivity index (χ0) is 20.4. The maximum Gasteiger partial charge on any atom is 0.241 e. The Morgan fingerprint density at radius 3 is 2.59 bits per heavy atom. The lowest BCUT2D eigenvalue weighted by Gasteiger charge is -2.32. The number of carbonyl (C=O) groups is 1. The van der Waals surface area contributed by atoms with Gasteiger partial charge in [0, 0.05) is 50.3 Å². The summed E-state index contributed by atoms with van der Waals surface area (Å²) in [5.74, 6) is 2.57. The molecule has 1 aliphatic rings. The van der Waals surface area contributed by atoms with Crippen molar-refractivity contribution in [2.75, 3.05) is 36.9 Å². The lowest BCUT2D eigenvalue weighted by molar-refractivity contribution is -0.129. The molecular weight excluding hydrogens is 366 g/mol. The number of rotatable bonds is 5. The number of hydrogen-bond donors (Lipinski definition) is 1. The van der Waals surface area contributed by atoms with E-state index >= 15 is 0 Å². The quantitative estimate of drug-likeness (QED) is 0.720. The predicted molar refractivity (Wildman–Crippen MR) is 112 cm³/mol. The van der Waals surface area contributed by atoms with Gasteiger partial charge in [-0.05, 0) is 31.5 Å². The van der Waals surface area contributed by atoms with Crippen LogP contribution in [0.25, 0.3) is 5.69 Å². The Kier molecular flexibility index (Phi) is 5.16. The first kappa shape index (κ1) is 18.9.